The molecular formula is C32H43BIrN2O2-. The van der Waals surface area contributed by atoms with Gasteiger partial charge in [-0.25, -0.2) is 4.98 Å². The number of aromatic nitrogens is 2. The van der Waals surface area contributed by atoms with Gasteiger partial charge in [0.15, 0.2) is 5.78 Å². The predicted octanol–water partition coefficient (Wildman–Crippen LogP) is 8.32. The first kappa shape index (κ1) is 35.7. The quantitative estimate of drug-likeness (QED) is 0.106. The average Bonchev–Trinajstić information content (AvgIpc) is 2.84. The van der Waals surface area contributed by atoms with Gasteiger partial charge in [-0.3, -0.25) is 9.78 Å². The largest absolute Gasteiger partial charge is 0.512 e. The summed E-state index contributed by atoms with van der Waals surface area (Å²) in [6.07, 6.45) is 6.55. The van der Waals surface area contributed by atoms with Crippen molar-refractivity contribution in [1.29, 1.82) is 0 Å². The normalized spacial score (nSPS) is 11.2. The topological polar surface area (TPSA) is 63.1 Å². The van der Waals surface area contributed by atoms with Gasteiger partial charge >= 0.3 is 0 Å². The van der Waals surface area contributed by atoms with Crippen molar-refractivity contribution in [3.05, 3.63) is 71.3 Å². The number of fused-ring (bicyclic) bond motifs is 1. The molecule has 0 bridgehead atoms. The number of hydrogen-bond acceptors (Lipinski definition) is 4. The third-order valence-electron chi connectivity index (χ3n) is 6.81. The van der Waals surface area contributed by atoms with Crippen LogP contribution in [0.2, 0.25) is 0 Å². The van der Waals surface area contributed by atoms with Crippen LogP contribution < -0.4 is 0 Å². The predicted molar refractivity (Wildman–Crippen MR) is 157 cm³/mol. The molecule has 38 heavy (non-hydrogen) atoms. The summed E-state index contributed by atoms with van der Waals surface area (Å²) < 4.78 is 0. The molecule has 6 heteroatoms. The molecule has 1 aromatic heterocycles. The van der Waals surface area contributed by atoms with Gasteiger partial charge < -0.3 is 5.11 Å². The second-order valence-electron chi connectivity index (χ2n) is 9.91. The van der Waals surface area contributed by atoms with E-state index in [9.17, 15) is 9.90 Å². The summed E-state index contributed by atoms with van der Waals surface area (Å²) in [7, 11) is 0. The Morgan fingerprint density at radius 2 is 1.55 bits per heavy atom. The van der Waals surface area contributed by atoms with Gasteiger partial charge in [0.2, 0.25) is 0 Å². The Morgan fingerprint density at radius 3 is 2.08 bits per heavy atom. The van der Waals surface area contributed by atoms with Crippen LogP contribution in [0.5, 0.6) is 0 Å². The molecule has 1 heterocycles. The smallest absolute Gasteiger partial charge is 0.162 e. The number of hydrogen-bond donors (Lipinski definition) is 1. The van der Waals surface area contributed by atoms with Crippen molar-refractivity contribution >= 4 is 25.1 Å². The fourth-order valence-electron chi connectivity index (χ4n) is 4.45. The fraction of sp³-hybridized carbons (Fsp3) is 0.469. The van der Waals surface area contributed by atoms with Gasteiger partial charge in [0, 0.05) is 46.4 Å². The summed E-state index contributed by atoms with van der Waals surface area (Å²) in [5.74, 6) is 1.05. The van der Waals surface area contributed by atoms with E-state index in [0.717, 1.165) is 53.4 Å². The van der Waals surface area contributed by atoms with Gasteiger partial charge in [0.25, 0.3) is 0 Å². The van der Waals surface area contributed by atoms with Crippen molar-refractivity contribution < 1.29 is 30.0 Å². The second-order valence-corrected chi connectivity index (χ2v) is 9.91. The van der Waals surface area contributed by atoms with Gasteiger partial charge in [-0.15, -0.1) is 34.9 Å². The Hall–Kier alpha value is -2.30. The number of aryl methyl sites for hydroxylation is 2. The molecule has 4 nitrogen and oxygen atoms in total. The third-order valence-corrected chi connectivity index (χ3v) is 6.81. The van der Waals surface area contributed by atoms with Crippen LogP contribution in [0.4, 0.5) is 0 Å². The van der Waals surface area contributed by atoms with E-state index in [1.807, 2.05) is 27.7 Å². The number of carbonyl (C=O) groups is 1. The van der Waals surface area contributed by atoms with Crippen LogP contribution in [0.1, 0.15) is 89.8 Å². The average molecular weight is 691 g/mol. The molecule has 2 aromatic carbocycles. The van der Waals surface area contributed by atoms with E-state index in [0.29, 0.717) is 5.92 Å². The maximum atomic E-state index is 11.7. The molecule has 0 aliphatic rings. The maximum Gasteiger partial charge on any atom is 0.162 e. The van der Waals surface area contributed by atoms with E-state index in [-0.39, 0.29) is 51.9 Å². The van der Waals surface area contributed by atoms with Crippen LogP contribution in [0.25, 0.3) is 22.2 Å². The standard InChI is InChI=1S/C19H19N2.C13H24O2.B.Ir/c1-12(2)15-5-6-17-18(10-15)20-11-21-19(17)16-8-13(3)7-14(4)9-16;1-5-10(6-2)12(14)9-13(15)11(7-3)8-4;;/h5-8,10-12H,1-4H3;9-11,14H,5-8H2,1-4H3;;/q-1;;;. The summed E-state index contributed by atoms with van der Waals surface area (Å²) in [6, 6.07) is 14.1. The molecule has 3 aromatic rings. The van der Waals surface area contributed by atoms with Crippen molar-refractivity contribution in [2.24, 2.45) is 11.8 Å². The number of rotatable bonds is 9. The first-order valence-corrected chi connectivity index (χ1v) is 13.3. The monoisotopic (exact) mass is 691 g/mol. The molecule has 0 spiro atoms. The molecule has 0 saturated carbocycles. The Bertz CT molecular complexity index is 1170. The van der Waals surface area contributed by atoms with E-state index >= 15 is 0 Å². The van der Waals surface area contributed by atoms with Crippen molar-refractivity contribution in [1.82, 2.24) is 9.97 Å². The minimum atomic E-state index is 0. The molecular weight excluding hydrogens is 647 g/mol. The first-order valence-electron chi connectivity index (χ1n) is 13.3. The molecule has 0 fully saturated rings. The van der Waals surface area contributed by atoms with Crippen molar-refractivity contribution in [2.75, 3.05) is 0 Å². The van der Waals surface area contributed by atoms with Crippen LogP contribution in [0, 0.1) is 31.7 Å². The molecule has 1 N–H and O–H groups in total. The number of nitrogens with zero attached hydrogens (tertiary/aromatic N) is 2. The van der Waals surface area contributed by atoms with Gasteiger partial charge in [-0.05, 0) is 54.3 Å². The zero-order chi connectivity index (χ0) is 26.8. The first-order chi connectivity index (χ1) is 17.1. The molecule has 3 rings (SSSR count). The minimum Gasteiger partial charge on any atom is -0.512 e. The molecule has 0 aliphatic heterocycles. The van der Waals surface area contributed by atoms with Gasteiger partial charge in [-0.1, -0.05) is 67.5 Å². The van der Waals surface area contributed by atoms with E-state index in [4.69, 9.17) is 0 Å². The second kappa shape index (κ2) is 17.3. The Morgan fingerprint density at radius 1 is 0.947 bits per heavy atom. The molecule has 0 unspecified atom stereocenters. The number of aliphatic hydroxyl groups is 1. The van der Waals surface area contributed by atoms with E-state index < -0.39 is 0 Å². The third kappa shape index (κ3) is 9.78. The molecule has 206 valence electrons. The number of carbonyl (C=O) groups excluding carboxylic acids is 1. The summed E-state index contributed by atoms with van der Waals surface area (Å²) in [6.45, 7) is 16.6. The number of ketones is 1. The summed E-state index contributed by atoms with van der Waals surface area (Å²) in [5, 5.41) is 10.8. The van der Waals surface area contributed by atoms with E-state index in [1.165, 1.54) is 17.2 Å². The number of allylic oxidation sites excluding steroid dienone is 2. The molecule has 0 amide bonds. The van der Waals surface area contributed by atoms with Gasteiger partial charge in [-0.2, -0.15) is 0 Å². The summed E-state index contributed by atoms with van der Waals surface area (Å²) in [4.78, 5) is 20.6. The van der Waals surface area contributed by atoms with E-state index in [2.05, 4.69) is 74.1 Å². The number of benzene rings is 2. The van der Waals surface area contributed by atoms with Crippen LogP contribution in [0.15, 0.2) is 48.5 Å². The number of aliphatic hydroxyl groups excluding tert-OH is 1. The zero-order valence-electron chi connectivity index (χ0n) is 24.3. The van der Waals surface area contributed by atoms with E-state index in [1.54, 1.807) is 6.33 Å². The fourth-order valence-corrected chi connectivity index (χ4v) is 4.45. The van der Waals surface area contributed by atoms with Crippen LogP contribution >= 0.6 is 0 Å². The Kier molecular flexibility index (Phi) is 16.3. The van der Waals surface area contributed by atoms with Crippen LogP contribution in [-0.2, 0) is 24.9 Å². The molecule has 0 atom stereocenters. The molecule has 0 saturated heterocycles. The van der Waals surface area contributed by atoms with Crippen LogP contribution in [0.3, 0.4) is 0 Å². The van der Waals surface area contributed by atoms with Gasteiger partial charge in [0.05, 0.1) is 11.3 Å². The van der Waals surface area contributed by atoms with Crippen molar-refractivity contribution in [2.45, 2.75) is 87.0 Å². The minimum absolute atomic E-state index is 0. The Balaban J connectivity index is 0.000000726. The Labute approximate surface area is 245 Å². The van der Waals surface area contributed by atoms with Crippen molar-refractivity contribution in [3.8, 4) is 11.3 Å². The summed E-state index contributed by atoms with van der Waals surface area (Å²) in [5.41, 5.74) is 6.66. The zero-order valence-corrected chi connectivity index (χ0v) is 26.7. The maximum absolute atomic E-state index is 11.7. The molecule has 4 radical (unpaired) electrons. The van der Waals surface area contributed by atoms with Crippen molar-refractivity contribution in [3.63, 3.8) is 0 Å². The summed E-state index contributed by atoms with van der Waals surface area (Å²) >= 11 is 0. The van der Waals surface area contributed by atoms with Crippen LogP contribution in [-0.4, -0.2) is 29.3 Å². The van der Waals surface area contributed by atoms with Gasteiger partial charge in [0.1, 0.15) is 6.33 Å². The SMILES string of the molecule is CCC(CC)C(=O)C=C(O)C(CC)CC.Cc1[c-]c(-c2ncnc3cc(C(C)C)ccc23)cc(C)c1.[B].[Ir]. The molecule has 0 aliphatic carbocycles.